The fraction of sp³-hybridized carbons (Fsp3) is 0.318. The average Bonchev–Trinajstić information content (AvgIpc) is 2.92. The van der Waals surface area contributed by atoms with Gasteiger partial charge in [-0.05, 0) is 56.0 Å². The summed E-state index contributed by atoms with van der Waals surface area (Å²) in [5, 5.41) is 2.76. The van der Waals surface area contributed by atoms with Crippen LogP contribution >= 0.6 is 15.9 Å². The highest BCUT2D eigenvalue weighted by Gasteiger charge is 2.50. The third-order valence-electron chi connectivity index (χ3n) is 5.76. The molecule has 0 aromatic heterocycles. The molecule has 150 valence electrons. The number of nitrogens with zero attached hydrogens (tertiary/aromatic N) is 2. The maximum absolute atomic E-state index is 13.2. The maximum atomic E-state index is 13.2. The van der Waals surface area contributed by atoms with E-state index in [-0.39, 0.29) is 18.5 Å². The summed E-state index contributed by atoms with van der Waals surface area (Å²) >= 11 is 3.40. The van der Waals surface area contributed by atoms with Gasteiger partial charge in [0.1, 0.15) is 12.1 Å². The van der Waals surface area contributed by atoms with Crippen LogP contribution in [0.4, 0.5) is 10.5 Å². The summed E-state index contributed by atoms with van der Waals surface area (Å²) in [5.74, 6) is -0.682. The minimum Gasteiger partial charge on any atom is -0.319 e. The van der Waals surface area contributed by atoms with Crippen LogP contribution in [0, 0.1) is 0 Å². The molecule has 1 saturated heterocycles. The van der Waals surface area contributed by atoms with Gasteiger partial charge in [-0.15, -0.1) is 0 Å². The van der Waals surface area contributed by atoms with E-state index in [1.165, 1.54) is 0 Å². The minimum atomic E-state index is -1.20. The SMILES string of the molecule is CC1CCc2ccccc2N1C(=O)CN1C(=O)NC(C)(c2cccc(Br)c2)C1=O. The van der Waals surface area contributed by atoms with Crippen molar-refractivity contribution in [2.75, 3.05) is 11.4 Å². The second-order valence-electron chi connectivity index (χ2n) is 7.74. The number of urea groups is 1. The molecule has 7 heteroatoms. The number of carbonyl (C=O) groups excluding carboxylic acids is 3. The Balaban J connectivity index is 1.59. The van der Waals surface area contributed by atoms with Crippen LogP contribution in [-0.4, -0.2) is 35.3 Å². The number of fused-ring (bicyclic) bond motifs is 1. The first-order valence-electron chi connectivity index (χ1n) is 9.61. The Kier molecular flexibility index (Phi) is 4.94. The molecule has 2 aliphatic heterocycles. The molecule has 1 N–H and O–H groups in total. The lowest BCUT2D eigenvalue weighted by molar-refractivity contribution is -0.134. The molecular weight excluding hydrogens is 434 g/mol. The van der Waals surface area contributed by atoms with Crippen molar-refractivity contribution in [1.29, 1.82) is 0 Å². The summed E-state index contributed by atoms with van der Waals surface area (Å²) in [4.78, 5) is 41.7. The topological polar surface area (TPSA) is 69.7 Å². The van der Waals surface area contributed by atoms with Crippen LogP contribution in [0.2, 0.25) is 0 Å². The fourth-order valence-electron chi connectivity index (χ4n) is 4.12. The van der Waals surface area contributed by atoms with Crippen LogP contribution in [0.3, 0.4) is 0 Å². The largest absolute Gasteiger partial charge is 0.325 e. The second-order valence-corrected chi connectivity index (χ2v) is 8.65. The number of benzene rings is 2. The van der Waals surface area contributed by atoms with E-state index in [2.05, 4.69) is 21.2 Å². The summed E-state index contributed by atoms with van der Waals surface area (Å²) in [5.41, 5.74) is 1.43. The molecule has 0 bridgehead atoms. The summed E-state index contributed by atoms with van der Waals surface area (Å²) in [6.07, 6.45) is 1.75. The highest BCUT2D eigenvalue weighted by Crippen LogP contribution is 2.33. The molecule has 1 fully saturated rings. The lowest BCUT2D eigenvalue weighted by Crippen LogP contribution is -2.49. The van der Waals surface area contributed by atoms with Gasteiger partial charge in [0.2, 0.25) is 5.91 Å². The number of hydrogen-bond acceptors (Lipinski definition) is 3. The van der Waals surface area contributed by atoms with Gasteiger partial charge in [-0.3, -0.25) is 14.5 Å². The van der Waals surface area contributed by atoms with Crippen LogP contribution < -0.4 is 10.2 Å². The Morgan fingerprint density at radius 3 is 2.72 bits per heavy atom. The second kappa shape index (κ2) is 7.30. The first-order chi connectivity index (χ1) is 13.8. The van der Waals surface area contributed by atoms with Gasteiger partial charge in [-0.2, -0.15) is 0 Å². The van der Waals surface area contributed by atoms with E-state index >= 15 is 0 Å². The van der Waals surface area contributed by atoms with Gasteiger partial charge in [0.15, 0.2) is 0 Å². The van der Waals surface area contributed by atoms with Crippen molar-refractivity contribution in [3.63, 3.8) is 0 Å². The zero-order valence-electron chi connectivity index (χ0n) is 16.3. The van der Waals surface area contributed by atoms with Crippen molar-refractivity contribution in [3.8, 4) is 0 Å². The number of nitrogens with one attached hydrogen (secondary N) is 1. The molecule has 0 aliphatic carbocycles. The van der Waals surface area contributed by atoms with Crippen molar-refractivity contribution in [2.45, 2.75) is 38.3 Å². The lowest BCUT2D eigenvalue weighted by atomic mass is 9.92. The van der Waals surface area contributed by atoms with Gasteiger partial charge in [0.05, 0.1) is 0 Å². The van der Waals surface area contributed by atoms with Gasteiger partial charge in [0, 0.05) is 16.2 Å². The smallest absolute Gasteiger partial charge is 0.319 e. The first kappa shape index (κ1) is 19.6. The predicted molar refractivity (Wildman–Crippen MR) is 113 cm³/mol. The standard InChI is InChI=1S/C22H22BrN3O3/c1-14-10-11-15-6-3-4-9-18(15)26(14)19(27)13-25-20(28)22(2,24-21(25)29)16-7-5-8-17(23)12-16/h3-9,12,14H,10-11,13H2,1-2H3,(H,24,29). The summed E-state index contributed by atoms with van der Waals surface area (Å²) in [7, 11) is 0. The molecule has 2 aromatic rings. The van der Waals surface area contributed by atoms with Crippen LogP contribution in [-0.2, 0) is 21.5 Å². The predicted octanol–water partition coefficient (Wildman–Crippen LogP) is 3.58. The van der Waals surface area contributed by atoms with Crippen LogP contribution in [0.5, 0.6) is 0 Å². The number of rotatable bonds is 3. The third kappa shape index (κ3) is 3.33. The van der Waals surface area contributed by atoms with Gasteiger partial charge in [0.25, 0.3) is 5.91 Å². The monoisotopic (exact) mass is 455 g/mol. The van der Waals surface area contributed by atoms with Crippen LogP contribution in [0.15, 0.2) is 53.0 Å². The Labute approximate surface area is 178 Å². The Morgan fingerprint density at radius 1 is 1.21 bits per heavy atom. The Morgan fingerprint density at radius 2 is 1.97 bits per heavy atom. The van der Waals surface area contributed by atoms with Crippen molar-refractivity contribution >= 4 is 39.5 Å². The number of carbonyl (C=O) groups is 3. The molecule has 6 nitrogen and oxygen atoms in total. The minimum absolute atomic E-state index is 0.00892. The molecule has 2 aliphatic rings. The highest BCUT2D eigenvalue weighted by molar-refractivity contribution is 9.10. The van der Waals surface area contributed by atoms with Gasteiger partial charge in [-0.25, -0.2) is 4.79 Å². The lowest BCUT2D eigenvalue weighted by Gasteiger charge is -2.36. The summed E-state index contributed by atoms with van der Waals surface area (Å²) in [6, 6.07) is 14.5. The Hall–Kier alpha value is -2.67. The van der Waals surface area contributed by atoms with Crippen LogP contribution in [0.1, 0.15) is 31.4 Å². The molecule has 2 aromatic carbocycles. The average molecular weight is 456 g/mol. The van der Waals surface area contributed by atoms with Crippen molar-refractivity contribution in [1.82, 2.24) is 10.2 Å². The third-order valence-corrected chi connectivity index (χ3v) is 6.26. The van der Waals surface area contributed by atoms with Crippen LogP contribution in [0.25, 0.3) is 0 Å². The Bertz CT molecular complexity index is 1010. The van der Waals surface area contributed by atoms with Gasteiger partial charge in [-0.1, -0.05) is 46.3 Å². The molecule has 2 unspecified atom stereocenters. The normalized spacial score (nSPS) is 23.8. The van der Waals surface area contributed by atoms with Crippen molar-refractivity contribution < 1.29 is 14.4 Å². The number of para-hydroxylation sites is 1. The number of halogens is 1. The number of imide groups is 1. The number of hydrogen-bond donors (Lipinski definition) is 1. The van der Waals surface area contributed by atoms with E-state index in [4.69, 9.17) is 0 Å². The zero-order valence-corrected chi connectivity index (χ0v) is 17.9. The molecule has 4 rings (SSSR count). The van der Waals surface area contributed by atoms with Gasteiger partial charge < -0.3 is 10.2 Å². The molecule has 4 amide bonds. The van der Waals surface area contributed by atoms with E-state index < -0.39 is 17.5 Å². The molecule has 0 radical (unpaired) electrons. The molecule has 0 saturated carbocycles. The zero-order chi connectivity index (χ0) is 20.8. The summed E-state index contributed by atoms with van der Waals surface area (Å²) in [6.45, 7) is 3.37. The number of amides is 4. The molecular formula is C22H22BrN3O3. The maximum Gasteiger partial charge on any atom is 0.325 e. The fourth-order valence-corrected chi connectivity index (χ4v) is 4.51. The van der Waals surface area contributed by atoms with E-state index in [1.807, 2.05) is 43.3 Å². The van der Waals surface area contributed by atoms with E-state index in [9.17, 15) is 14.4 Å². The number of anilines is 1. The van der Waals surface area contributed by atoms with Gasteiger partial charge >= 0.3 is 6.03 Å². The molecule has 0 spiro atoms. The molecule has 2 heterocycles. The highest BCUT2D eigenvalue weighted by atomic mass is 79.9. The summed E-state index contributed by atoms with van der Waals surface area (Å²) < 4.78 is 0.812. The number of aryl methyl sites for hydroxylation is 1. The first-order valence-corrected chi connectivity index (χ1v) is 10.4. The molecule has 2 atom stereocenters. The molecule has 29 heavy (non-hydrogen) atoms. The van der Waals surface area contributed by atoms with E-state index in [0.29, 0.717) is 5.56 Å². The quantitative estimate of drug-likeness (QED) is 0.718. The van der Waals surface area contributed by atoms with E-state index in [1.54, 1.807) is 24.0 Å². The van der Waals surface area contributed by atoms with Crippen molar-refractivity contribution in [3.05, 3.63) is 64.1 Å². The van der Waals surface area contributed by atoms with Crippen molar-refractivity contribution in [2.24, 2.45) is 0 Å². The van der Waals surface area contributed by atoms with E-state index in [0.717, 1.165) is 33.5 Å².